The summed E-state index contributed by atoms with van der Waals surface area (Å²) in [6.45, 7) is 1.01. The first-order chi connectivity index (χ1) is 6.58. The summed E-state index contributed by atoms with van der Waals surface area (Å²) in [5.74, 6) is -0.252. The lowest BCUT2D eigenvalue weighted by Crippen LogP contribution is -2.13. The molecule has 0 N–H and O–H groups in total. The minimum Gasteiger partial charge on any atom is -0.309 e. The van der Waals surface area contributed by atoms with E-state index < -0.39 is 0 Å². The van der Waals surface area contributed by atoms with Crippen LogP contribution in [-0.2, 0) is 6.42 Å². The lowest BCUT2D eigenvalue weighted by molar-refractivity contribution is 0.400. The van der Waals surface area contributed by atoms with Crippen molar-refractivity contribution in [1.29, 1.82) is 0 Å². The first-order valence-electron chi connectivity index (χ1n) is 4.67. The summed E-state index contributed by atoms with van der Waals surface area (Å²) in [5, 5.41) is 0.477. The third kappa shape index (κ3) is 4.07. The molecule has 0 fully saturated rings. The van der Waals surface area contributed by atoms with Crippen LogP contribution in [0.15, 0.2) is 18.2 Å². The van der Waals surface area contributed by atoms with Crippen molar-refractivity contribution in [3.05, 3.63) is 34.6 Å². The maximum atomic E-state index is 12.9. The molecule has 1 rings (SSSR count). The highest BCUT2D eigenvalue weighted by Crippen LogP contribution is 2.15. The van der Waals surface area contributed by atoms with Gasteiger partial charge in [0.25, 0.3) is 0 Å². The Bertz CT molecular complexity index is 279. The number of hydrogen-bond acceptors (Lipinski definition) is 1. The van der Waals surface area contributed by atoms with Crippen LogP contribution in [0.1, 0.15) is 12.0 Å². The Morgan fingerprint density at radius 2 is 2.00 bits per heavy atom. The molecule has 0 amide bonds. The lowest BCUT2D eigenvalue weighted by atomic mass is 10.1. The highest BCUT2D eigenvalue weighted by molar-refractivity contribution is 6.30. The Kier molecular flexibility index (Phi) is 4.36. The maximum absolute atomic E-state index is 12.9. The fourth-order valence-corrected chi connectivity index (χ4v) is 1.60. The first-order valence-corrected chi connectivity index (χ1v) is 5.05. The molecule has 0 saturated carbocycles. The van der Waals surface area contributed by atoms with E-state index in [0.29, 0.717) is 5.02 Å². The van der Waals surface area contributed by atoms with Crippen molar-refractivity contribution in [2.24, 2.45) is 0 Å². The van der Waals surface area contributed by atoms with Crippen LogP contribution < -0.4 is 0 Å². The van der Waals surface area contributed by atoms with E-state index >= 15 is 0 Å². The zero-order valence-electron chi connectivity index (χ0n) is 8.56. The smallest absolute Gasteiger partial charge is 0.124 e. The van der Waals surface area contributed by atoms with Crippen LogP contribution >= 0.6 is 11.6 Å². The van der Waals surface area contributed by atoms with Crippen LogP contribution in [0.4, 0.5) is 4.39 Å². The van der Waals surface area contributed by atoms with Gasteiger partial charge in [-0.1, -0.05) is 11.6 Å². The topological polar surface area (TPSA) is 3.24 Å². The largest absolute Gasteiger partial charge is 0.309 e. The maximum Gasteiger partial charge on any atom is 0.124 e. The third-order valence-electron chi connectivity index (χ3n) is 1.99. The zero-order chi connectivity index (χ0) is 10.6. The van der Waals surface area contributed by atoms with Crippen molar-refractivity contribution in [3.63, 3.8) is 0 Å². The number of aryl methyl sites for hydroxylation is 1. The van der Waals surface area contributed by atoms with Gasteiger partial charge in [-0.25, -0.2) is 4.39 Å². The molecule has 0 aliphatic carbocycles. The Balaban J connectivity index is 2.50. The summed E-state index contributed by atoms with van der Waals surface area (Å²) in [6, 6.07) is 4.69. The summed E-state index contributed by atoms with van der Waals surface area (Å²) < 4.78 is 12.9. The molecule has 78 valence electrons. The van der Waals surface area contributed by atoms with Crippen LogP contribution in [0, 0.1) is 5.82 Å². The second-order valence-corrected chi connectivity index (χ2v) is 4.12. The monoisotopic (exact) mass is 215 g/mol. The highest BCUT2D eigenvalue weighted by atomic mass is 35.5. The van der Waals surface area contributed by atoms with Gasteiger partial charge in [0.15, 0.2) is 0 Å². The van der Waals surface area contributed by atoms with E-state index in [0.717, 1.165) is 24.9 Å². The molecule has 0 unspecified atom stereocenters. The van der Waals surface area contributed by atoms with Crippen molar-refractivity contribution in [3.8, 4) is 0 Å². The van der Waals surface area contributed by atoms with Crippen LogP contribution in [0.3, 0.4) is 0 Å². The van der Waals surface area contributed by atoms with E-state index in [9.17, 15) is 4.39 Å². The molecule has 0 aromatic heterocycles. The van der Waals surface area contributed by atoms with Crippen LogP contribution in [0.5, 0.6) is 0 Å². The summed E-state index contributed by atoms with van der Waals surface area (Å²) in [6.07, 6.45) is 1.89. The average Bonchev–Trinajstić information content (AvgIpc) is 2.01. The van der Waals surface area contributed by atoms with Gasteiger partial charge >= 0.3 is 0 Å². The molecule has 14 heavy (non-hydrogen) atoms. The predicted octanol–water partition coefficient (Wildman–Crippen LogP) is 2.97. The Labute approximate surface area is 89.5 Å². The molecule has 0 saturated heterocycles. The number of benzene rings is 1. The molecule has 1 aromatic rings. The van der Waals surface area contributed by atoms with E-state index in [2.05, 4.69) is 4.90 Å². The van der Waals surface area contributed by atoms with E-state index in [1.807, 2.05) is 20.2 Å². The number of halogens is 2. The molecule has 0 atom stereocenters. The molecule has 0 radical (unpaired) electrons. The summed E-state index contributed by atoms with van der Waals surface area (Å²) in [4.78, 5) is 2.11. The van der Waals surface area contributed by atoms with Gasteiger partial charge < -0.3 is 4.90 Å². The highest BCUT2D eigenvalue weighted by Gasteiger charge is 1.99. The van der Waals surface area contributed by atoms with Crippen molar-refractivity contribution >= 4 is 11.6 Å². The van der Waals surface area contributed by atoms with E-state index in [1.54, 1.807) is 6.07 Å². The third-order valence-corrected chi connectivity index (χ3v) is 2.21. The summed E-state index contributed by atoms with van der Waals surface area (Å²) in [7, 11) is 4.05. The number of rotatable bonds is 4. The average molecular weight is 216 g/mol. The predicted molar refractivity (Wildman–Crippen MR) is 58.3 cm³/mol. The van der Waals surface area contributed by atoms with Crippen LogP contribution in [0.25, 0.3) is 0 Å². The molecule has 0 spiro atoms. The quantitative estimate of drug-likeness (QED) is 0.747. The second kappa shape index (κ2) is 5.32. The zero-order valence-corrected chi connectivity index (χ0v) is 9.31. The minimum atomic E-state index is -0.252. The number of nitrogens with zero attached hydrogens (tertiary/aromatic N) is 1. The van der Waals surface area contributed by atoms with E-state index in [-0.39, 0.29) is 5.82 Å². The SMILES string of the molecule is CN(C)CCCc1cc(F)cc(Cl)c1. The number of hydrogen-bond donors (Lipinski definition) is 0. The van der Waals surface area contributed by atoms with Gasteiger partial charge in [-0.2, -0.15) is 0 Å². The van der Waals surface area contributed by atoms with Crippen LogP contribution in [0.2, 0.25) is 5.02 Å². The molecule has 1 aromatic carbocycles. The Morgan fingerprint density at radius 1 is 1.29 bits per heavy atom. The van der Waals surface area contributed by atoms with Gasteiger partial charge in [0.2, 0.25) is 0 Å². The molecule has 0 bridgehead atoms. The van der Waals surface area contributed by atoms with Gasteiger partial charge in [0.1, 0.15) is 5.82 Å². The molecule has 0 heterocycles. The second-order valence-electron chi connectivity index (χ2n) is 3.68. The standard InChI is InChI=1S/C11H15ClFN/c1-14(2)5-3-4-9-6-10(12)8-11(13)7-9/h6-8H,3-5H2,1-2H3. The van der Waals surface area contributed by atoms with Crippen molar-refractivity contribution in [2.45, 2.75) is 12.8 Å². The van der Waals surface area contributed by atoms with Crippen molar-refractivity contribution < 1.29 is 4.39 Å². The molecule has 0 aliphatic rings. The van der Waals surface area contributed by atoms with Gasteiger partial charge in [0.05, 0.1) is 0 Å². The van der Waals surface area contributed by atoms with Gasteiger partial charge in [-0.15, -0.1) is 0 Å². The van der Waals surface area contributed by atoms with Gasteiger partial charge in [-0.05, 0) is 57.2 Å². The molecule has 3 heteroatoms. The Hall–Kier alpha value is -0.600. The molecule has 1 nitrogen and oxygen atoms in total. The van der Waals surface area contributed by atoms with Crippen LogP contribution in [-0.4, -0.2) is 25.5 Å². The molecule has 0 aliphatic heterocycles. The summed E-state index contributed by atoms with van der Waals surface area (Å²) in [5.41, 5.74) is 0.969. The fourth-order valence-electron chi connectivity index (χ4n) is 1.35. The fraction of sp³-hybridized carbons (Fsp3) is 0.455. The normalized spacial score (nSPS) is 10.9. The first kappa shape index (κ1) is 11.5. The van der Waals surface area contributed by atoms with Crippen molar-refractivity contribution in [1.82, 2.24) is 4.90 Å². The summed E-state index contributed by atoms with van der Waals surface area (Å²) >= 11 is 5.74. The molecular formula is C11H15ClFN. The van der Waals surface area contributed by atoms with Crippen molar-refractivity contribution in [2.75, 3.05) is 20.6 Å². The van der Waals surface area contributed by atoms with Gasteiger partial charge in [0, 0.05) is 5.02 Å². The van der Waals surface area contributed by atoms with E-state index in [1.165, 1.54) is 6.07 Å². The minimum absolute atomic E-state index is 0.252. The van der Waals surface area contributed by atoms with Gasteiger partial charge in [-0.3, -0.25) is 0 Å². The molecular weight excluding hydrogens is 201 g/mol. The van der Waals surface area contributed by atoms with E-state index in [4.69, 9.17) is 11.6 Å². The lowest BCUT2D eigenvalue weighted by Gasteiger charge is -2.09. The Morgan fingerprint density at radius 3 is 2.57 bits per heavy atom.